The summed E-state index contributed by atoms with van der Waals surface area (Å²) in [5, 5.41) is 27.2. The molecule has 2 saturated heterocycles. The zero-order valence-corrected chi connectivity index (χ0v) is 48.1. The van der Waals surface area contributed by atoms with E-state index in [1.807, 2.05) is 120 Å². The molecule has 0 saturated carbocycles. The van der Waals surface area contributed by atoms with E-state index in [-0.39, 0.29) is 48.1 Å². The minimum Gasteiger partial charge on any atom is -0.483 e. The van der Waals surface area contributed by atoms with Gasteiger partial charge in [0.2, 0.25) is 11.8 Å². The summed E-state index contributed by atoms with van der Waals surface area (Å²) in [6.07, 6.45) is -0.579. The number of ketones is 2. The molecule has 4 aliphatic rings. The third-order valence-electron chi connectivity index (χ3n) is 15.0. The molecule has 436 valence electrons. The van der Waals surface area contributed by atoms with E-state index in [4.69, 9.17) is 14.2 Å². The Morgan fingerprint density at radius 1 is 0.741 bits per heavy atom. The highest BCUT2D eigenvalue weighted by atomic mass is 16.5. The van der Waals surface area contributed by atoms with Gasteiger partial charge in [-0.25, -0.2) is 10.9 Å². The van der Waals surface area contributed by atoms with Gasteiger partial charge in [0, 0.05) is 37.8 Å². The molecule has 4 aliphatic heterocycles. The lowest BCUT2D eigenvalue weighted by Gasteiger charge is -2.35. The molecule has 19 nitrogen and oxygen atoms in total. The number of aliphatic carboxylic acids is 1. The van der Waals surface area contributed by atoms with E-state index in [9.17, 15) is 48.6 Å². The van der Waals surface area contributed by atoms with E-state index in [0.717, 1.165) is 33.4 Å². The highest BCUT2D eigenvalue weighted by Gasteiger charge is 2.36. The second kappa shape index (κ2) is 28.8. The van der Waals surface area contributed by atoms with E-state index >= 15 is 0 Å². The van der Waals surface area contributed by atoms with Crippen molar-refractivity contribution in [3.63, 3.8) is 0 Å². The van der Waals surface area contributed by atoms with Crippen LogP contribution in [0.5, 0.6) is 11.5 Å². The molecule has 0 aromatic heterocycles. The van der Waals surface area contributed by atoms with Crippen molar-refractivity contribution in [1.82, 2.24) is 31.5 Å². The SMILES string of the molecule is CC(C)[C@@H]1CC(=O)[C@H](C)Oc2ccc(cc2)-c2cccc(c2)[C@@H](C)OC(=O)[C@@H]2CCCN(N2)C(=O)[C@H](C)NC1=O.CC(C)[C@H](CC(=O)[C@H](C)Oc1ccc(-c2cccc([C@@H](C)O)c2)cc1)C(=O)N[C@@H](C)C(=O)N1CCC[C@@H](C(=O)O)N1. The number of esters is 1. The molecule has 4 amide bonds. The predicted octanol–water partition coefficient (Wildman–Crippen LogP) is 7.46. The molecule has 8 rings (SSSR count). The van der Waals surface area contributed by atoms with Crippen LogP contribution >= 0.6 is 0 Å². The lowest BCUT2D eigenvalue weighted by atomic mass is 9.88. The molecular weight excluding hydrogens is 1040 g/mol. The predicted molar refractivity (Wildman–Crippen MR) is 304 cm³/mol. The standard InChI is InChI=1S/C31H41N3O7.C31H39N3O6/c1-18(2)26(29(37)32-19(3)30(38)34-15-7-10-27(33-34)31(39)40)17-28(36)21(5)41-25-13-11-22(12-14-25)24-9-6-8-23(16-24)20(4)35;1-18(2)26-17-28(35)21(5)39-25-13-11-22(12-14-25)24-9-6-8-23(16-24)20(4)40-31(38)27-10-7-15-34(33-27)30(37)19(3)32-29(26)36/h6,8-9,11-14,16,18-21,26-27,33,35H,7,10,15,17H2,1-5H3,(H,32,37)(H,39,40);6,8-9,11-14,16,18-21,26-27,33H,7,10,15,17H2,1-5H3,(H,32,36)/t2*19-,20+,21-,26-,27-/m00/s1. The van der Waals surface area contributed by atoms with Gasteiger partial charge in [0.15, 0.2) is 23.8 Å². The summed E-state index contributed by atoms with van der Waals surface area (Å²) in [5.74, 6) is -4.04. The summed E-state index contributed by atoms with van der Waals surface area (Å²) in [4.78, 5) is 103. The summed E-state index contributed by atoms with van der Waals surface area (Å²) in [7, 11) is 0. The number of rotatable bonds is 13. The van der Waals surface area contributed by atoms with E-state index in [2.05, 4.69) is 21.5 Å². The Morgan fingerprint density at radius 2 is 1.37 bits per heavy atom. The molecule has 0 spiro atoms. The van der Waals surface area contributed by atoms with Crippen LogP contribution < -0.4 is 31.0 Å². The average Bonchev–Trinajstić information content (AvgIpc) is 3.46. The summed E-state index contributed by atoms with van der Waals surface area (Å²) in [5.41, 5.74) is 11.1. The van der Waals surface area contributed by atoms with Gasteiger partial charge in [-0.05, 0) is 149 Å². The molecule has 4 aromatic carbocycles. The van der Waals surface area contributed by atoms with Crippen LogP contribution in [0.1, 0.15) is 131 Å². The van der Waals surface area contributed by atoms with Gasteiger partial charge in [-0.2, -0.15) is 0 Å². The Hall–Kier alpha value is -7.48. The molecular formula is C62H80N6O13. The van der Waals surface area contributed by atoms with E-state index in [0.29, 0.717) is 50.3 Å². The van der Waals surface area contributed by atoms with Crippen LogP contribution in [-0.4, -0.2) is 117 Å². The highest BCUT2D eigenvalue weighted by molar-refractivity contribution is 5.93. The number of benzene rings is 4. The average molecular weight is 1120 g/mol. The third kappa shape index (κ3) is 17.3. The van der Waals surface area contributed by atoms with Gasteiger partial charge in [-0.15, -0.1) is 0 Å². The lowest BCUT2D eigenvalue weighted by Crippen LogP contribution is -2.59. The van der Waals surface area contributed by atoms with Crippen molar-refractivity contribution in [2.24, 2.45) is 23.7 Å². The minimum absolute atomic E-state index is 0.00941. The van der Waals surface area contributed by atoms with Crippen molar-refractivity contribution < 1.29 is 62.8 Å². The minimum atomic E-state index is -1.03. The molecule has 81 heavy (non-hydrogen) atoms. The van der Waals surface area contributed by atoms with Crippen molar-refractivity contribution in [1.29, 1.82) is 0 Å². The zero-order chi connectivity index (χ0) is 59.2. The number of carboxylic acid groups (broad SMARTS) is 1. The number of ether oxygens (including phenoxy) is 3. The molecule has 0 aliphatic carbocycles. The van der Waals surface area contributed by atoms with Crippen molar-refractivity contribution in [3.8, 4) is 33.8 Å². The molecule has 4 heterocycles. The second-order valence-corrected chi connectivity index (χ2v) is 22.0. The number of hydrogen-bond acceptors (Lipinski definition) is 14. The summed E-state index contributed by atoms with van der Waals surface area (Å²) in [6.45, 7) is 18.2. The Balaban J connectivity index is 0.000000261. The van der Waals surface area contributed by atoms with Crippen LogP contribution in [0.4, 0.5) is 0 Å². The number of aliphatic hydroxyl groups is 1. The third-order valence-corrected chi connectivity index (χ3v) is 15.0. The molecule has 0 unspecified atom stereocenters. The van der Waals surface area contributed by atoms with Crippen LogP contribution in [0, 0.1) is 23.7 Å². The van der Waals surface area contributed by atoms with Gasteiger partial charge in [-0.1, -0.05) is 88.4 Å². The summed E-state index contributed by atoms with van der Waals surface area (Å²) >= 11 is 0. The molecule has 6 N–H and O–H groups in total. The van der Waals surface area contributed by atoms with Crippen LogP contribution in [0.2, 0.25) is 0 Å². The Labute approximate surface area is 474 Å². The van der Waals surface area contributed by atoms with Crippen LogP contribution in [0.15, 0.2) is 97.1 Å². The smallest absolute Gasteiger partial charge is 0.325 e. The Bertz CT molecular complexity index is 2860. The number of aliphatic hydroxyl groups excluding tert-OH is 1. The van der Waals surface area contributed by atoms with Gasteiger partial charge >= 0.3 is 11.9 Å². The zero-order valence-electron chi connectivity index (χ0n) is 48.1. The topological polar surface area (TPSA) is 259 Å². The normalized spacial score (nSPS) is 22.5. The molecule has 0 radical (unpaired) electrons. The summed E-state index contributed by atoms with van der Waals surface area (Å²) < 4.78 is 17.6. The molecule has 6 bridgehead atoms. The van der Waals surface area contributed by atoms with E-state index in [1.165, 1.54) is 10.0 Å². The second-order valence-electron chi connectivity index (χ2n) is 22.0. The number of nitrogens with zero attached hydrogens (tertiary/aromatic N) is 2. The van der Waals surface area contributed by atoms with Gasteiger partial charge in [0.1, 0.15) is 41.8 Å². The number of carbonyl (C=O) groups excluding carboxylic acids is 7. The van der Waals surface area contributed by atoms with Crippen molar-refractivity contribution in [2.45, 2.75) is 156 Å². The number of hydrazine groups is 2. The van der Waals surface area contributed by atoms with Gasteiger partial charge in [0.25, 0.3) is 11.8 Å². The highest BCUT2D eigenvalue weighted by Crippen LogP contribution is 2.30. The van der Waals surface area contributed by atoms with Crippen LogP contribution in [-0.2, 0) is 43.1 Å². The number of carbonyl (C=O) groups is 8. The van der Waals surface area contributed by atoms with Crippen molar-refractivity contribution in [2.75, 3.05) is 13.1 Å². The number of nitrogens with one attached hydrogen (secondary N) is 4. The maximum atomic E-state index is 13.2. The fraction of sp³-hybridized carbons (Fsp3) is 0.484. The molecule has 2 fully saturated rings. The number of carboxylic acids is 1. The maximum absolute atomic E-state index is 13.2. The van der Waals surface area contributed by atoms with Gasteiger partial charge in [-0.3, -0.25) is 48.4 Å². The molecule has 19 heteroatoms. The largest absolute Gasteiger partial charge is 0.483 e. The fourth-order valence-electron chi connectivity index (χ4n) is 9.76. The summed E-state index contributed by atoms with van der Waals surface area (Å²) in [6, 6.07) is 26.9. The molecule has 10 atom stereocenters. The van der Waals surface area contributed by atoms with E-state index < -0.39 is 84.2 Å². The first kappa shape index (κ1) is 62.7. The number of fused-ring (bicyclic) bond motifs is 12. The molecule has 4 aromatic rings. The van der Waals surface area contributed by atoms with E-state index in [1.54, 1.807) is 46.8 Å². The number of amides is 4. The van der Waals surface area contributed by atoms with Gasteiger partial charge in [0.05, 0.1) is 6.10 Å². The van der Waals surface area contributed by atoms with Crippen molar-refractivity contribution >= 4 is 47.1 Å². The lowest BCUT2D eigenvalue weighted by molar-refractivity contribution is -0.157. The first-order valence-electron chi connectivity index (χ1n) is 28.1. The maximum Gasteiger partial charge on any atom is 0.325 e. The Kier molecular flexibility index (Phi) is 22.3. The van der Waals surface area contributed by atoms with Crippen molar-refractivity contribution in [3.05, 3.63) is 108 Å². The van der Waals surface area contributed by atoms with Crippen LogP contribution in [0.3, 0.4) is 0 Å². The number of hydrogen-bond donors (Lipinski definition) is 6. The monoisotopic (exact) mass is 1120 g/mol. The quantitative estimate of drug-likeness (QED) is 0.0710. The first-order chi connectivity index (χ1) is 38.4. The Morgan fingerprint density at radius 3 is 2.00 bits per heavy atom. The number of Topliss-reactive ketones (excluding diaryl/α,β-unsaturated/α-hetero) is 2. The van der Waals surface area contributed by atoms with Crippen LogP contribution in [0.25, 0.3) is 22.3 Å². The first-order valence-corrected chi connectivity index (χ1v) is 28.1. The van der Waals surface area contributed by atoms with Gasteiger partial charge < -0.3 is 35.1 Å². The fourth-order valence-corrected chi connectivity index (χ4v) is 9.76.